The van der Waals surface area contributed by atoms with Crippen molar-refractivity contribution in [1.82, 2.24) is 10.0 Å². The Morgan fingerprint density at radius 3 is 2.69 bits per heavy atom. The maximum atomic E-state index is 12.5. The summed E-state index contributed by atoms with van der Waals surface area (Å²) in [5.74, 6) is -0.318. The zero-order valence-corrected chi connectivity index (χ0v) is 17.0. The molecule has 1 aliphatic rings. The van der Waals surface area contributed by atoms with E-state index in [1.807, 2.05) is 0 Å². The van der Waals surface area contributed by atoms with Crippen molar-refractivity contribution in [2.75, 3.05) is 19.7 Å². The number of carbonyl (C=O) groups is 1. The maximum Gasteiger partial charge on any atom is 0.251 e. The lowest BCUT2D eigenvalue weighted by Crippen LogP contribution is -2.32. The van der Waals surface area contributed by atoms with E-state index in [0.29, 0.717) is 13.2 Å². The molecule has 1 aromatic rings. The summed E-state index contributed by atoms with van der Waals surface area (Å²) >= 11 is 6.06. The molecule has 0 bridgehead atoms. The average Bonchev–Trinajstić information content (AvgIpc) is 3.05. The third kappa shape index (κ3) is 6.23. The summed E-state index contributed by atoms with van der Waals surface area (Å²) in [6.07, 6.45) is 2.46. The van der Waals surface area contributed by atoms with Gasteiger partial charge in [0.1, 0.15) is 4.90 Å². The van der Waals surface area contributed by atoms with Gasteiger partial charge in [0.25, 0.3) is 5.91 Å². The molecule has 0 aliphatic carbocycles. The summed E-state index contributed by atoms with van der Waals surface area (Å²) in [5, 5.41) is 2.89. The Morgan fingerprint density at radius 2 is 2.08 bits per heavy atom. The molecule has 0 aromatic heterocycles. The molecule has 1 aliphatic heterocycles. The Labute approximate surface area is 160 Å². The number of sulfonamides is 1. The van der Waals surface area contributed by atoms with Crippen molar-refractivity contribution in [2.45, 2.75) is 51.0 Å². The van der Waals surface area contributed by atoms with Gasteiger partial charge in [-0.05, 0) is 42.9 Å². The van der Waals surface area contributed by atoms with E-state index in [-0.39, 0.29) is 39.5 Å². The van der Waals surface area contributed by atoms with E-state index in [4.69, 9.17) is 16.3 Å². The summed E-state index contributed by atoms with van der Waals surface area (Å²) in [7, 11) is -3.82. The first-order valence-corrected chi connectivity index (χ1v) is 10.6. The van der Waals surface area contributed by atoms with E-state index in [0.717, 1.165) is 19.3 Å². The fraction of sp³-hybridized carbons (Fsp3) is 0.611. The van der Waals surface area contributed by atoms with Gasteiger partial charge in [-0.1, -0.05) is 32.4 Å². The number of benzene rings is 1. The molecule has 1 unspecified atom stereocenters. The van der Waals surface area contributed by atoms with E-state index < -0.39 is 10.0 Å². The van der Waals surface area contributed by atoms with Crippen LogP contribution in [0.4, 0.5) is 0 Å². The summed E-state index contributed by atoms with van der Waals surface area (Å²) < 4.78 is 33.0. The van der Waals surface area contributed by atoms with Crippen LogP contribution in [0.3, 0.4) is 0 Å². The van der Waals surface area contributed by atoms with E-state index in [1.165, 1.54) is 18.2 Å². The molecule has 2 N–H and O–H groups in total. The number of amides is 1. The van der Waals surface area contributed by atoms with Crippen LogP contribution in [0.2, 0.25) is 5.02 Å². The van der Waals surface area contributed by atoms with Crippen molar-refractivity contribution >= 4 is 27.5 Å². The molecule has 26 heavy (non-hydrogen) atoms. The first-order valence-electron chi connectivity index (χ1n) is 8.77. The minimum Gasteiger partial charge on any atom is -0.377 e. The van der Waals surface area contributed by atoms with Crippen molar-refractivity contribution in [3.8, 4) is 0 Å². The molecule has 1 atom stereocenters. The fourth-order valence-corrected chi connectivity index (χ4v) is 4.18. The molecule has 0 radical (unpaired) electrons. The fourth-order valence-electron chi connectivity index (χ4n) is 2.59. The van der Waals surface area contributed by atoms with Crippen molar-refractivity contribution in [3.05, 3.63) is 28.8 Å². The van der Waals surface area contributed by atoms with Gasteiger partial charge in [-0.3, -0.25) is 4.79 Å². The Bertz CT molecular complexity index is 738. The second-order valence-corrected chi connectivity index (χ2v) is 9.84. The molecule has 0 saturated carbocycles. The van der Waals surface area contributed by atoms with Gasteiger partial charge < -0.3 is 10.1 Å². The molecule has 146 valence electrons. The maximum absolute atomic E-state index is 12.5. The second kappa shape index (κ2) is 8.69. The minimum atomic E-state index is -3.82. The van der Waals surface area contributed by atoms with Gasteiger partial charge in [-0.25, -0.2) is 13.1 Å². The van der Waals surface area contributed by atoms with Crippen molar-refractivity contribution in [1.29, 1.82) is 0 Å². The smallest absolute Gasteiger partial charge is 0.251 e. The number of hydrogen-bond acceptors (Lipinski definition) is 4. The van der Waals surface area contributed by atoms with E-state index in [1.54, 1.807) is 0 Å². The van der Waals surface area contributed by atoms with Gasteiger partial charge in [-0.2, -0.15) is 0 Å². The van der Waals surface area contributed by atoms with Gasteiger partial charge in [0, 0.05) is 25.3 Å². The van der Waals surface area contributed by atoms with Crippen LogP contribution in [0.25, 0.3) is 0 Å². The minimum absolute atomic E-state index is 0.0797. The highest BCUT2D eigenvalue weighted by atomic mass is 35.5. The van der Waals surface area contributed by atoms with Crippen LogP contribution in [0.15, 0.2) is 23.1 Å². The topological polar surface area (TPSA) is 84.5 Å². The summed E-state index contributed by atoms with van der Waals surface area (Å²) in [6, 6.07) is 4.27. The third-order valence-electron chi connectivity index (χ3n) is 4.17. The van der Waals surface area contributed by atoms with Gasteiger partial charge in [0.2, 0.25) is 10.0 Å². The van der Waals surface area contributed by atoms with Crippen LogP contribution in [-0.2, 0) is 14.8 Å². The molecule has 6 nitrogen and oxygen atoms in total. The third-order valence-corrected chi connectivity index (χ3v) is 6.07. The molecule has 1 aromatic carbocycles. The molecular formula is C18H27ClN2O4S. The van der Waals surface area contributed by atoms with Crippen LogP contribution in [0.5, 0.6) is 0 Å². The highest BCUT2D eigenvalue weighted by Gasteiger charge is 2.23. The predicted molar refractivity (Wildman–Crippen MR) is 102 cm³/mol. The van der Waals surface area contributed by atoms with Crippen molar-refractivity contribution in [3.63, 3.8) is 0 Å². The highest BCUT2D eigenvalue weighted by molar-refractivity contribution is 7.89. The average molecular weight is 403 g/mol. The van der Waals surface area contributed by atoms with Crippen LogP contribution in [0.1, 0.15) is 50.4 Å². The Hall–Kier alpha value is -1.15. The number of rotatable bonds is 7. The number of ether oxygens (including phenoxy) is 1. The molecule has 1 fully saturated rings. The lowest BCUT2D eigenvalue weighted by molar-refractivity contribution is 0.0949. The van der Waals surface area contributed by atoms with E-state index in [2.05, 4.69) is 30.8 Å². The van der Waals surface area contributed by atoms with Crippen molar-refractivity contribution in [2.24, 2.45) is 5.41 Å². The quantitative estimate of drug-likeness (QED) is 0.734. The predicted octanol–water partition coefficient (Wildman–Crippen LogP) is 2.96. The van der Waals surface area contributed by atoms with Crippen LogP contribution in [0, 0.1) is 5.41 Å². The first kappa shape index (κ1) is 21.2. The van der Waals surface area contributed by atoms with Gasteiger partial charge >= 0.3 is 0 Å². The van der Waals surface area contributed by atoms with Gasteiger partial charge in [0.15, 0.2) is 0 Å². The van der Waals surface area contributed by atoms with Crippen LogP contribution >= 0.6 is 11.6 Å². The summed E-state index contributed by atoms with van der Waals surface area (Å²) in [6.45, 7) is 7.63. The molecule has 1 amide bonds. The standard InChI is InChI=1S/C18H27ClN2O4S/c1-18(2,3)8-9-20-17(22)13-6-7-15(19)16(11-13)26(23,24)21-12-14-5-4-10-25-14/h6-7,11,14,21H,4-5,8-10,12H2,1-3H3,(H,20,22). The summed E-state index contributed by atoms with van der Waals surface area (Å²) in [4.78, 5) is 12.2. The number of nitrogens with one attached hydrogen (secondary N) is 2. The zero-order valence-electron chi connectivity index (χ0n) is 15.5. The molecule has 8 heteroatoms. The van der Waals surface area contributed by atoms with E-state index in [9.17, 15) is 13.2 Å². The number of halogens is 1. The van der Waals surface area contributed by atoms with Crippen LogP contribution < -0.4 is 10.0 Å². The van der Waals surface area contributed by atoms with Gasteiger partial charge in [0.05, 0.1) is 11.1 Å². The first-order chi connectivity index (χ1) is 12.1. The largest absolute Gasteiger partial charge is 0.377 e. The number of carbonyl (C=O) groups excluding carboxylic acids is 1. The normalized spacial score (nSPS) is 18.1. The van der Waals surface area contributed by atoms with E-state index >= 15 is 0 Å². The SMILES string of the molecule is CC(C)(C)CCNC(=O)c1ccc(Cl)c(S(=O)(=O)NCC2CCCO2)c1. The summed E-state index contributed by atoms with van der Waals surface area (Å²) in [5.41, 5.74) is 0.370. The Kier molecular flexibility index (Phi) is 7.07. The van der Waals surface area contributed by atoms with Crippen LogP contribution in [-0.4, -0.2) is 40.1 Å². The Morgan fingerprint density at radius 1 is 1.35 bits per heavy atom. The molecule has 0 spiro atoms. The Balaban J connectivity index is 2.06. The lowest BCUT2D eigenvalue weighted by atomic mass is 9.92. The highest BCUT2D eigenvalue weighted by Crippen LogP contribution is 2.23. The monoisotopic (exact) mass is 402 g/mol. The van der Waals surface area contributed by atoms with Crippen molar-refractivity contribution < 1.29 is 17.9 Å². The zero-order chi connectivity index (χ0) is 19.4. The molecule has 1 heterocycles. The molecule has 1 saturated heterocycles. The second-order valence-electron chi connectivity index (χ2n) is 7.70. The molecular weight excluding hydrogens is 376 g/mol. The molecule has 2 rings (SSSR count). The number of hydrogen-bond donors (Lipinski definition) is 2. The lowest BCUT2D eigenvalue weighted by Gasteiger charge is -2.18. The van der Waals surface area contributed by atoms with Gasteiger partial charge in [-0.15, -0.1) is 0 Å².